The highest BCUT2D eigenvalue weighted by Gasteiger charge is 2.18. The van der Waals surface area contributed by atoms with Crippen LogP contribution in [0.2, 0.25) is 0 Å². The van der Waals surface area contributed by atoms with Crippen LogP contribution in [-0.4, -0.2) is 20.1 Å². The lowest BCUT2D eigenvalue weighted by atomic mass is 10.0. The number of hydrogen-bond acceptors (Lipinski definition) is 2. The summed E-state index contributed by atoms with van der Waals surface area (Å²) in [4.78, 5) is 14.9. The van der Waals surface area contributed by atoms with Crippen LogP contribution in [0.15, 0.2) is 84.9 Å². The second-order valence-corrected chi connectivity index (χ2v) is 5.90. The fourth-order valence-corrected chi connectivity index (χ4v) is 2.70. The Balaban J connectivity index is 2.00. The third-order valence-electron chi connectivity index (χ3n) is 4.19. The lowest BCUT2D eigenvalue weighted by Crippen LogP contribution is -2.27. The van der Waals surface area contributed by atoms with Crippen molar-refractivity contribution < 1.29 is 9.53 Å². The molecule has 0 aliphatic heterocycles. The fraction of sp³-hybridized carbons (Fsp3) is 0.0870. The zero-order valence-corrected chi connectivity index (χ0v) is 14.9. The van der Waals surface area contributed by atoms with Gasteiger partial charge >= 0.3 is 0 Å². The number of carbonyl (C=O) groups excluding carboxylic acids is 1. The van der Waals surface area contributed by atoms with Crippen LogP contribution in [0, 0.1) is 0 Å². The Bertz CT molecular complexity index is 885. The molecule has 0 atom stereocenters. The maximum atomic E-state index is 13.2. The van der Waals surface area contributed by atoms with E-state index in [2.05, 4.69) is 0 Å². The third-order valence-corrected chi connectivity index (χ3v) is 4.19. The predicted octanol–water partition coefficient (Wildman–Crippen LogP) is 4.90. The molecule has 0 aromatic heterocycles. The zero-order valence-electron chi connectivity index (χ0n) is 14.9. The molecule has 0 heterocycles. The minimum absolute atomic E-state index is 0.0572. The average molecular weight is 343 g/mol. The summed E-state index contributed by atoms with van der Waals surface area (Å²) in [6.45, 7) is 0. The summed E-state index contributed by atoms with van der Waals surface area (Å²) < 4.78 is 5.21. The first-order valence-electron chi connectivity index (χ1n) is 8.43. The molecule has 0 saturated carbocycles. The highest BCUT2D eigenvalue weighted by atomic mass is 16.5. The zero-order chi connectivity index (χ0) is 18.4. The summed E-state index contributed by atoms with van der Waals surface area (Å²) >= 11 is 0. The van der Waals surface area contributed by atoms with Gasteiger partial charge in [-0.25, -0.2) is 0 Å². The minimum Gasteiger partial charge on any atom is -0.497 e. The SMILES string of the molecule is COc1ccc(/C=C(/C(=O)N(C)c2ccccc2)c2ccccc2)cc1. The Hall–Kier alpha value is -3.33. The minimum atomic E-state index is -0.0572. The van der Waals surface area contributed by atoms with E-state index in [1.165, 1.54) is 0 Å². The molecule has 0 spiro atoms. The van der Waals surface area contributed by atoms with Gasteiger partial charge in [-0.3, -0.25) is 4.79 Å². The van der Waals surface area contributed by atoms with Crippen molar-refractivity contribution in [2.24, 2.45) is 0 Å². The van der Waals surface area contributed by atoms with E-state index in [0.29, 0.717) is 5.57 Å². The molecule has 0 saturated heterocycles. The van der Waals surface area contributed by atoms with Crippen molar-refractivity contribution in [2.75, 3.05) is 19.1 Å². The van der Waals surface area contributed by atoms with Gasteiger partial charge in [-0.15, -0.1) is 0 Å². The van der Waals surface area contributed by atoms with Crippen molar-refractivity contribution in [1.82, 2.24) is 0 Å². The fourth-order valence-electron chi connectivity index (χ4n) is 2.70. The molecule has 0 bridgehead atoms. The molecule has 3 aromatic rings. The van der Waals surface area contributed by atoms with E-state index < -0.39 is 0 Å². The first-order chi connectivity index (χ1) is 12.7. The van der Waals surface area contributed by atoms with Crippen molar-refractivity contribution in [1.29, 1.82) is 0 Å². The van der Waals surface area contributed by atoms with Crippen molar-refractivity contribution in [3.8, 4) is 5.75 Å². The van der Waals surface area contributed by atoms with Gasteiger partial charge in [0.1, 0.15) is 5.75 Å². The number of nitrogens with zero attached hydrogens (tertiary/aromatic N) is 1. The normalized spacial score (nSPS) is 11.1. The number of hydrogen-bond donors (Lipinski definition) is 0. The number of amides is 1. The summed E-state index contributed by atoms with van der Waals surface area (Å²) in [5.74, 6) is 0.731. The van der Waals surface area contributed by atoms with Crippen LogP contribution in [0.1, 0.15) is 11.1 Å². The molecule has 3 aromatic carbocycles. The van der Waals surface area contributed by atoms with Crippen molar-refractivity contribution in [2.45, 2.75) is 0 Å². The van der Waals surface area contributed by atoms with Crippen LogP contribution in [0.25, 0.3) is 11.6 Å². The van der Waals surface area contributed by atoms with Crippen LogP contribution in [-0.2, 0) is 4.79 Å². The van der Waals surface area contributed by atoms with Crippen LogP contribution in [0.5, 0.6) is 5.75 Å². The van der Waals surface area contributed by atoms with Gasteiger partial charge in [0.2, 0.25) is 0 Å². The molecule has 0 aliphatic carbocycles. The Morgan fingerprint density at radius 1 is 0.846 bits per heavy atom. The second-order valence-electron chi connectivity index (χ2n) is 5.90. The average Bonchev–Trinajstić information content (AvgIpc) is 2.72. The van der Waals surface area contributed by atoms with Gasteiger partial charge in [-0.05, 0) is 41.5 Å². The highest BCUT2D eigenvalue weighted by Crippen LogP contribution is 2.24. The maximum absolute atomic E-state index is 13.2. The number of likely N-dealkylation sites (N-methyl/N-ethyl adjacent to an activating group) is 1. The summed E-state index contributed by atoms with van der Waals surface area (Å²) in [5.41, 5.74) is 3.33. The molecule has 0 N–H and O–H groups in total. The lowest BCUT2D eigenvalue weighted by molar-refractivity contribution is -0.113. The van der Waals surface area contributed by atoms with Gasteiger partial charge in [-0.1, -0.05) is 60.7 Å². The molecule has 0 fully saturated rings. The molecule has 3 rings (SSSR count). The molecule has 0 unspecified atom stereocenters. The van der Waals surface area contributed by atoms with Crippen LogP contribution < -0.4 is 9.64 Å². The van der Waals surface area contributed by atoms with Gasteiger partial charge in [0.25, 0.3) is 5.91 Å². The molecule has 3 heteroatoms. The quantitative estimate of drug-likeness (QED) is 0.487. The monoisotopic (exact) mass is 343 g/mol. The number of ether oxygens (including phenoxy) is 1. The van der Waals surface area contributed by atoms with Crippen LogP contribution in [0.4, 0.5) is 5.69 Å². The van der Waals surface area contributed by atoms with Crippen LogP contribution >= 0.6 is 0 Å². The molecule has 0 aliphatic rings. The van der Waals surface area contributed by atoms with Gasteiger partial charge in [0.15, 0.2) is 0 Å². The number of anilines is 1. The second kappa shape index (κ2) is 8.17. The molecule has 3 nitrogen and oxygen atoms in total. The number of para-hydroxylation sites is 1. The van der Waals surface area contributed by atoms with E-state index in [4.69, 9.17) is 4.74 Å². The standard InChI is InChI=1S/C23H21NO2/c1-24(20-11-7-4-8-12-20)23(25)22(19-9-5-3-6-10-19)17-18-13-15-21(26-2)16-14-18/h3-17H,1-2H3/b22-17+. The van der Waals surface area contributed by atoms with E-state index >= 15 is 0 Å². The smallest absolute Gasteiger partial charge is 0.258 e. The van der Waals surface area contributed by atoms with Gasteiger partial charge < -0.3 is 9.64 Å². The lowest BCUT2D eigenvalue weighted by Gasteiger charge is -2.19. The number of methoxy groups -OCH3 is 1. The van der Waals surface area contributed by atoms with E-state index in [1.807, 2.05) is 91.0 Å². The number of rotatable bonds is 5. The summed E-state index contributed by atoms with van der Waals surface area (Å²) in [6, 6.07) is 27.0. The summed E-state index contributed by atoms with van der Waals surface area (Å²) in [7, 11) is 3.43. The van der Waals surface area contributed by atoms with E-state index in [1.54, 1.807) is 19.1 Å². The Morgan fingerprint density at radius 3 is 2.00 bits per heavy atom. The van der Waals surface area contributed by atoms with Gasteiger partial charge in [0.05, 0.1) is 7.11 Å². The Labute approximate surface area is 154 Å². The molecular weight excluding hydrogens is 322 g/mol. The first-order valence-corrected chi connectivity index (χ1v) is 8.43. The largest absolute Gasteiger partial charge is 0.497 e. The Morgan fingerprint density at radius 2 is 1.42 bits per heavy atom. The number of carbonyl (C=O) groups is 1. The Kier molecular flexibility index (Phi) is 5.49. The molecular formula is C23H21NO2. The first kappa shape index (κ1) is 17.5. The molecule has 130 valence electrons. The highest BCUT2D eigenvalue weighted by molar-refractivity contribution is 6.29. The van der Waals surface area contributed by atoms with Crippen molar-refractivity contribution in [3.63, 3.8) is 0 Å². The third kappa shape index (κ3) is 4.01. The summed E-state index contributed by atoms with van der Waals surface area (Å²) in [5, 5.41) is 0. The summed E-state index contributed by atoms with van der Waals surface area (Å²) in [6.07, 6.45) is 1.91. The van der Waals surface area contributed by atoms with Crippen molar-refractivity contribution >= 4 is 23.2 Å². The van der Waals surface area contributed by atoms with Gasteiger partial charge in [-0.2, -0.15) is 0 Å². The molecule has 26 heavy (non-hydrogen) atoms. The van der Waals surface area contributed by atoms with E-state index in [9.17, 15) is 4.79 Å². The van der Waals surface area contributed by atoms with Crippen molar-refractivity contribution in [3.05, 3.63) is 96.1 Å². The van der Waals surface area contributed by atoms with E-state index in [-0.39, 0.29) is 5.91 Å². The predicted molar refractivity (Wildman–Crippen MR) is 107 cm³/mol. The van der Waals surface area contributed by atoms with Gasteiger partial charge in [0, 0.05) is 18.3 Å². The topological polar surface area (TPSA) is 29.5 Å². The molecule has 0 radical (unpaired) electrons. The number of benzene rings is 3. The molecule has 1 amide bonds. The van der Waals surface area contributed by atoms with E-state index in [0.717, 1.165) is 22.6 Å². The maximum Gasteiger partial charge on any atom is 0.258 e. The van der Waals surface area contributed by atoms with Crippen LogP contribution in [0.3, 0.4) is 0 Å².